The molecule has 1 N–H and O–H groups in total. The maximum atomic E-state index is 12.9. The number of nitrogens with zero attached hydrogens (tertiary/aromatic N) is 3. The van der Waals surface area contributed by atoms with E-state index >= 15 is 0 Å². The molecule has 164 valence electrons. The molecular weight excluding hydrogens is 416 g/mol. The fraction of sp³-hybridized carbons (Fsp3) is 0.318. The summed E-state index contributed by atoms with van der Waals surface area (Å²) in [6.07, 6.45) is 0. The van der Waals surface area contributed by atoms with Crippen molar-refractivity contribution in [2.45, 2.75) is 31.3 Å². The lowest BCUT2D eigenvalue weighted by Crippen LogP contribution is -2.26. The van der Waals surface area contributed by atoms with Gasteiger partial charge in [-0.25, -0.2) is 0 Å². The van der Waals surface area contributed by atoms with E-state index < -0.39 is 0 Å². The van der Waals surface area contributed by atoms with Crippen LogP contribution in [-0.2, 0) is 12.3 Å². The van der Waals surface area contributed by atoms with Gasteiger partial charge in [0, 0.05) is 18.0 Å². The van der Waals surface area contributed by atoms with Crippen LogP contribution in [0.15, 0.2) is 52.4 Å². The van der Waals surface area contributed by atoms with Crippen LogP contribution in [-0.4, -0.2) is 35.6 Å². The van der Waals surface area contributed by atoms with Crippen LogP contribution in [0.3, 0.4) is 0 Å². The molecule has 0 unspecified atom stereocenters. The first-order chi connectivity index (χ1) is 15.1. The number of hydrogen-bond acceptors (Lipinski definition) is 8. The minimum Gasteiger partial charge on any atom is -0.494 e. The average Bonchev–Trinajstić information content (AvgIpc) is 2.80. The van der Waals surface area contributed by atoms with Gasteiger partial charge in [-0.3, -0.25) is 9.36 Å². The summed E-state index contributed by atoms with van der Waals surface area (Å²) in [5.74, 6) is 2.90. The molecule has 0 radical (unpaired) electrons. The molecule has 3 rings (SSSR count). The topological polar surface area (TPSA) is 87.5 Å². The molecule has 0 amide bonds. The van der Waals surface area contributed by atoms with E-state index in [1.807, 2.05) is 56.3 Å². The third-order valence-electron chi connectivity index (χ3n) is 4.47. The Balaban J connectivity index is 1.75. The van der Waals surface area contributed by atoms with Gasteiger partial charge in [0.1, 0.15) is 5.75 Å². The third-order valence-corrected chi connectivity index (χ3v) is 5.51. The highest BCUT2D eigenvalue weighted by molar-refractivity contribution is 7.98. The Kier molecular flexibility index (Phi) is 7.77. The summed E-state index contributed by atoms with van der Waals surface area (Å²) in [7, 11) is 3.20. The highest BCUT2D eigenvalue weighted by Gasteiger charge is 2.13. The Bertz CT molecular complexity index is 1070. The lowest BCUT2D eigenvalue weighted by molar-refractivity contribution is 0.340. The number of methoxy groups -OCH3 is 2. The van der Waals surface area contributed by atoms with E-state index in [1.165, 1.54) is 11.8 Å². The van der Waals surface area contributed by atoms with E-state index in [4.69, 9.17) is 14.2 Å². The van der Waals surface area contributed by atoms with Gasteiger partial charge in [-0.2, -0.15) is 0 Å². The molecule has 0 spiro atoms. The van der Waals surface area contributed by atoms with Crippen LogP contribution in [0, 0.1) is 0 Å². The number of nitrogens with one attached hydrogen (secondary N) is 1. The zero-order valence-electron chi connectivity index (χ0n) is 18.0. The first-order valence-corrected chi connectivity index (χ1v) is 10.9. The second-order valence-electron chi connectivity index (χ2n) is 6.44. The first kappa shape index (κ1) is 22.5. The molecule has 8 nitrogen and oxygen atoms in total. The molecule has 0 bridgehead atoms. The second-order valence-corrected chi connectivity index (χ2v) is 7.38. The number of aromatic nitrogens is 3. The van der Waals surface area contributed by atoms with Gasteiger partial charge in [-0.15, -0.1) is 10.2 Å². The van der Waals surface area contributed by atoms with Gasteiger partial charge in [0.2, 0.25) is 5.82 Å². The molecular formula is C22H26N4O4S. The summed E-state index contributed by atoms with van der Waals surface area (Å²) in [5.41, 5.74) is 1.54. The zero-order chi connectivity index (χ0) is 22.2. The fourth-order valence-electron chi connectivity index (χ4n) is 2.92. The van der Waals surface area contributed by atoms with Crippen molar-refractivity contribution in [2.75, 3.05) is 26.1 Å². The Morgan fingerprint density at radius 1 is 1.00 bits per heavy atom. The van der Waals surface area contributed by atoms with E-state index in [0.717, 1.165) is 17.0 Å². The molecule has 0 saturated carbocycles. The molecule has 2 aromatic carbocycles. The molecule has 3 aromatic rings. The van der Waals surface area contributed by atoms with Crippen molar-refractivity contribution in [3.8, 4) is 17.2 Å². The molecule has 0 aliphatic rings. The van der Waals surface area contributed by atoms with E-state index in [0.29, 0.717) is 35.6 Å². The molecule has 0 atom stereocenters. The van der Waals surface area contributed by atoms with Gasteiger partial charge in [-0.1, -0.05) is 17.8 Å². The lowest BCUT2D eigenvalue weighted by Gasteiger charge is -2.12. The quantitative estimate of drug-likeness (QED) is 0.470. The minimum absolute atomic E-state index is 0.182. The number of thioether (sulfide) groups is 1. The van der Waals surface area contributed by atoms with Crippen LogP contribution in [0.4, 0.5) is 11.5 Å². The number of hydrogen-bond donors (Lipinski definition) is 1. The molecule has 0 aliphatic heterocycles. The maximum absolute atomic E-state index is 12.9. The van der Waals surface area contributed by atoms with Crippen molar-refractivity contribution in [1.82, 2.24) is 14.8 Å². The maximum Gasteiger partial charge on any atom is 0.297 e. The second kappa shape index (κ2) is 10.7. The summed E-state index contributed by atoms with van der Waals surface area (Å²) in [4.78, 5) is 12.9. The summed E-state index contributed by atoms with van der Waals surface area (Å²) >= 11 is 1.44. The summed E-state index contributed by atoms with van der Waals surface area (Å²) in [6, 6.07) is 13.1. The largest absolute Gasteiger partial charge is 0.494 e. The summed E-state index contributed by atoms with van der Waals surface area (Å²) in [6.45, 7) is 4.92. The Labute approximate surface area is 185 Å². The number of ether oxygens (including phenoxy) is 3. The number of benzene rings is 2. The van der Waals surface area contributed by atoms with Crippen molar-refractivity contribution in [3.63, 3.8) is 0 Å². The van der Waals surface area contributed by atoms with Crippen molar-refractivity contribution < 1.29 is 14.2 Å². The van der Waals surface area contributed by atoms with Crippen molar-refractivity contribution in [3.05, 3.63) is 58.4 Å². The minimum atomic E-state index is -0.221. The van der Waals surface area contributed by atoms with E-state index in [9.17, 15) is 4.79 Å². The number of anilines is 2. The van der Waals surface area contributed by atoms with Crippen LogP contribution in [0.5, 0.6) is 17.2 Å². The standard InChI is InChI=1S/C22H26N4O4S/c1-5-26-21(27)20(23-16-8-10-17(11-9-16)30-6-2)24-25-22(26)31-14-15-7-12-18(28-3)19(13-15)29-4/h7-13H,5-6,14H2,1-4H3,(H,23,24). The summed E-state index contributed by atoms with van der Waals surface area (Å²) < 4.78 is 17.7. The monoisotopic (exact) mass is 442 g/mol. The predicted molar refractivity (Wildman–Crippen MR) is 122 cm³/mol. The van der Waals surface area contributed by atoms with Gasteiger partial charge >= 0.3 is 0 Å². The SMILES string of the molecule is CCOc1ccc(Nc2nnc(SCc3ccc(OC)c(OC)c3)n(CC)c2=O)cc1. The molecule has 1 heterocycles. The normalized spacial score (nSPS) is 10.6. The van der Waals surface area contributed by atoms with E-state index in [1.54, 1.807) is 18.8 Å². The van der Waals surface area contributed by atoms with Gasteiger partial charge in [0.05, 0.1) is 20.8 Å². The van der Waals surface area contributed by atoms with E-state index in [2.05, 4.69) is 15.5 Å². The molecule has 0 aliphatic carbocycles. The predicted octanol–water partition coefficient (Wildman–Crippen LogP) is 4.11. The lowest BCUT2D eigenvalue weighted by atomic mass is 10.2. The van der Waals surface area contributed by atoms with Crippen molar-refractivity contribution in [2.24, 2.45) is 0 Å². The third kappa shape index (κ3) is 5.49. The highest BCUT2D eigenvalue weighted by atomic mass is 32.2. The smallest absolute Gasteiger partial charge is 0.297 e. The van der Waals surface area contributed by atoms with Crippen molar-refractivity contribution in [1.29, 1.82) is 0 Å². The Morgan fingerprint density at radius 3 is 2.39 bits per heavy atom. The average molecular weight is 443 g/mol. The van der Waals surface area contributed by atoms with Crippen LogP contribution in [0.2, 0.25) is 0 Å². The van der Waals surface area contributed by atoms with Crippen LogP contribution in [0.25, 0.3) is 0 Å². The molecule has 31 heavy (non-hydrogen) atoms. The molecule has 1 aromatic heterocycles. The van der Waals surface area contributed by atoms with Crippen molar-refractivity contribution >= 4 is 23.3 Å². The van der Waals surface area contributed by atoms with Gasteiger partial charge in [0.25, 0.3) is 5.56 Å². The van der Waals surface area contributed by atoms with Crippen LogP contribution < -0.4 is 25.1 Å². The fourth-order valence-corrected chi connectivity index (χ4v) is 3.87. The number of rotatable bonds is 10. The molecule has 9 heteroatoms. The van der Waals surface area contributed by atoms with Crippen LogP contribution >= 0.6 is 11.8 Å². The molecule has 0 fully saturated rings. The van der Waals surface area contributed by atoms with E-state index in [-0.39, 0.29) is 11.4 Å². The summed E-state index contributed by atoms with van der Waals surface area (Å²) in [5, 5.41) is 12.0. The van der Waals surface area contributed by atoms with Crippen LogP contribution in [0.1, 0.15) is 19.4 Å². The highest BCUT2D eigenvalue weighted by Crippen LogP contribution is 2.30. The molecule has 0 saturated heterocycles. The Hall–Kier alpha value is -3.20. The Morgan fingerprint density at radius 2 is 1.74 bits per heavy atom. The van der Waals surface area contributed by atoms with Gasteiger partial charge in [0.15, 0.2) is 16.7 Å². The first-order valence-electron chi connectivity index (χ1n) is 9.90. The van der Waals surface area contributed by atoms with Gasteiger partial charge in [-0.05, 0) is 55.8 Å². The zero-order valence-corrected chi connectivity index (χ0v) is 18.9. The van der Waals surface area contributed by atoms with Gasteiger partial charge < -0.3 is 19.5 Å².